The molecule has 0 aliphatic rings. The summed E-state index contributed by atoms with van der Waals surface area (Å²) in [6, 6.07) is 14.9. The van der Waals surface area contributed by atoms with Crippen molar-refractivity contribution < 1.29 is 4.79 Å². The summed E-state index contributed by atoms with van der Waals surface area (Å²) >= 11 is 4.93. The number of fused-ring (bicyclic) bond motifs is 1. The molecule has 0 aliphatic heterocycles. The molecule has 6 heteroatoms. The van der Waals surface area contributed by atoms with E-state index in [0.717, 1.165) is 22.2 Å². The van der Waals surface area contributed by atoms with E-state index >= 15 is 0 Å². The van der Waals surface area contributed by atoms with Crippen LogP contribution < -0.4 is 5.56 Å². The summed E-state index contributed by atoms with van der Waals surface area (Å²) in [5.41, 5.74) is 1.42. The van der Waals surface area contributed by atoms with E-state index in [1.54, 1.807) is 4.57 Å². The second kappa shape index (κ2) is 8.64. The van der Waals surface area contributed by atoms with E-state index in [1.165, 1.54) is 11.8 Å². The molecular formula is C20H19BrN2O2S. The molecule has 1 heterocycles. The van der Waals surface area contributed by atoms with Crippen molar-refractivity contribution in [2.24, 2.45) is 0 Å². The lowest BCUT2D eigenvalue weighted by Crippen LogP contribution is -2.22. The van der Waals surface area contributed by atoms with E-state index in [4.69, 9.17) is 0 Å². The van der Waals surface area contributed by atoms with Gasteiger partial charge in [0.15, 0.2) is 10.9 Å². The molecule has 0 aliphatic carbocycles. The number of thioether (sulfide) groups is 1. The third-order valence-corrected chi connectivity index (χ3v) is 5.63. The van der Waals surface area contributed by atoms with Gasteiger partial charge in [-0.25, -0.2) is 4.98 Å². The lowest BCUT2D eigenvalue weighted by atomic mass is 10.1. The van der Waals surface area contributed by atoms with E-state index in [2.05, 4.69) is 20.9 Å². The minimum absolute atomic E-state index is 0.0262. The van der Waals surface area contributed by atoms with Crippen molar-refractivity contribution in [1.82, 2.24) is 9.55 Å². The first kappa shape index (κ1) is 18.9. The molecule has 0 radical (unpaired) electrons. The fourth-order valence-electron chi connectivity index (χ4n) is 2.73. The van der Waals surface area contributed by atoms with Crippen LogP contribution in [0.2, 0.25) is 0 Å². The van der Waals surface area contributed by atoms with E-state index in [0.29, 0.717) is 29.0 Å². The molecule has 1 aromatic heterocycles. The Labute approximate surface area is 164 Å². The van der Waals surface area contributed by atoms with Crippen molar-refractivity contribution in [3.8, 4) is 0 Å². The number of benzene rings is 2. The van der Waals surface area contributed by atoms with Crippen LogP contribution in [0.5, 0.6) is 0 Å². The molecule has 0 atom stereocenters. The number of aromatic nitrogens is 2. The van der Waals surface area contributed by atoms with Crippen molar-refractivity contribution in [3.05, 3.63) is 68.9 Å². The van der Waals surface area contributed by atoms with Gasteiger partial charge in [0.05, 0.1) is 10.9 Å². The van der Waals surface area contributed by atoms with Gasteiger partial charge in [0.1, 0.15) is 0 Å². The Bertz CT molecular complexity index is 986. The maximum absolute atomic E-state index is 12.7. The van der Waals surface area contributed by atoms with Crippen LogP contribution in [0.3, 0.4) is 0 Å². The Hall–Kier alpha value is -1.92. The van der Waals surface area contributed by atoms with Crippen LogP contribution >= 0.6 is 27.7 Å². The molecule has 2 aromatic carbocycles. The highest BCUT2D eigenvalue weighted by molar-refractivity contribution is 9.10. The highest BCUT2D eigenvalue weighted by Gasteiger charge is 2.11. The number of hydrogen-bond acceptors (Lipinski definition) is 4. The zero-order valence-electron chi connectivity index (χ0n) is 14.4. The molecule has 0 unspecified atom stereocenters. The minimum atomic E-state index is -0.0262. The monoisotopic (exact) mass is 430 g/mol. The summed E-state index contributed by atoms with van der Waals surface area (Å²) in [7, 11) is 0. The zero-order valence-corrected chi connectivity index (χ0v) is 16.8. The van der Waals surface area contributed by atoms with Gasteiger partial charge in [-0.2, -0.15) is 0 Å². The number of carbonyl (C=O) groups is 1. The third kappa shape index (κ3) is 4.24. The van der Waals surface area contributed by atoms with Crippen molar-refractivity contribution in [3.63, 3.8) is 0 Å². The molecule has 134 valence electrons. The van der Waals surface area contributed by atoms with Gasteiger partial charge in [0, 0.05) is 28.8 Å². The Morgan fingerprint density at radius 3 is 2.69 bits per heavy atom. The summed E-state index contributed by atoms with van der Waals surface area (Å²) in [6.45, 7) is 2.51. The predicted molar refractivity (Wildman–Crippen MR) is 110 cm³/mol. The average Bonchev–Trinajstić information content (AvgIpc) is 2.66. The molecule has 0 bridgehead atoms. The van der Waals surface area contributed by atoms with Gasteiger partial charge in [-0.3, -0.25) is 14.2 Å². The Balaban J connectivity index is 1.70. The fourth-order valence-corrected chi connectivity index (χ4v) is 4.09. The van der Waals surface area contributed by atoms with E-state index in [1.807, 2.05) is 55.5 Å². The summed E-state index contributed by atoms with van der Waals surface area (Å²) < 4.78 is 2.56. The number of hydrogen-bond donors (Lipinski definition) is 0. The molecular weight excluding hydrogens is 412 g/mol. The van der Waals surface area contributed by atoms with Crippen LogP contribution in [0.1, 0.15) is 30.1 Å². The van der Waals surface area contributed by atoms with Gasteiger partial charge in [-0.05, 0) is 31.5 Å². The molecule has 0 amide bonds. The maximum atomic E-state index is 12.7. The standard InChI is InChI=1S/C20H19BrN2O2S/c1-2-23-19(25)16-13-15(21)10-11-17(16)22-20(23)26-12-6-9-18(24)14-7-4-3-5-8-14/h3-5,7-8,10-11,13H,2,6,9,12H2,1H3. The average molecular weight is 431 g/mol. The van der Waals surface area contributed by atoms with Crippen LogP contribution in [-0.4, -0.2) is 21.1 Å². The largest absolute Gasteiger partial charge is 0.294 e. The van der Waals surface area contributed by atoms with Crippen molar-refractivity contribution in [2.45, 2.75) is 31.5 Å². The summed E-state index contributed by atoms with van der Waals surface area (Å²) in [5.74, 6) is 0.892. The second-order valence-corrected chi connectivity index (χ2v) is 7.82. The lowest BCUT2D eigenvalue weighted by Gasteiger charge is -2.11. The van der Waals surface area contributed by atoms with Gasteiger partial charge in [0.25, 0.3) is 5.56 Å². The van der Waals surface area contributed by atoms with Crippen LogP contribution in [0.25, 0.3) is 10.9 Å². The van der Waals surface area contributed by atoms with Gasteiger partial charge in [-0.1, -0.05) is 58.0 Å². The number of halogens is 1. The molecule has 0 spiro atoms. The Kier molecular flexibility index (Phi) is 6.27. The van der Waals surface area contributed by atoms with Crippen LogP contribution in [0, 0.1) is 0 Å². The zero-order chi connectivity index (χ0) is 18.5. The number of rotatable bonds is 7. The quantitative estimate of drug-likeness (QED) is 0.230. The summed E-state index contributed by atoms with van der Waals surface area (Å²) in [4.78, 5) is 29.5. The topological polar surface area (TPSA) is 52.0 Å². The van der Waals surface area contributed by atoms with Crippen LogP contribution in [0.15, 0.2) is 63.0 Å². The van der Waals surface area contributed by atoms with Gasteiger partial charge in [0.2, 0.25) is 0 Å². The number of nitrogens with zero attached hydrogens (tertiary/aromatic N) is 2. The molecule has 4 nitrogen and oxygen atoms in total. The Morgan fingerprint density at radius 1 is 1.19 bits per heavy atom. The first-order valence-corrected chi connectivity index (χ1v) is 10.3. The van der Waals surface area contributed by atoms with Crippen LogP contribution in [-0.2, 0) is 6.54 Å². The van der Waals surface area contributed by atoms with Crippen molar-refractivity contribution in [2.75, 3.05) is 5.75 Å². The molecule has 3 rings (SSSR count). The highest BCUT2D eigenvalue weighted by Crippen LogP contribution is 2.21. The second-order valence-electron chi connectivity index (χ2n) is 5.85. The highest BCUT2D eigenvalue weighted by atomic mass is 79.9. The summed E-state index contributed by atoms with van der Waals surface area (Å²) in [6.07, 6.45) is 1.24. The SMILES string of the molecule is CCn1c(SCCCC(=O)c2ccccc2)nc2ccc(Br)cc2c1=O. The maximum Gasteiger partial charge on any atom is 0.262 e. The first-order valence-electron chi connectivity index (χ1n) is 8.51. The van der Waals surface area contributed by atoms with Crippen molar-refractivity contribution in [1.29, 1.82) is 0 Å². The van der Waals surface area contributed by atoms with E-state index < -0.39 is 0 Å². The molecule has 0 N–H and O–H groups in total. The molecule has 26 heavy (non-hydrogen) atoms. The smallest absolute Gasteiger partial charge is 0.262 e. The predicted octanol–water partition coefficient (Wildman–Crippen LogP) is 4.93. The minimum Gasteiger partial charge on any atom is -0.294 e. The molecule has 0 saturated heterocycles. The lowest BCUT2D eigenvalue weighted by molar-refractivity contribution is 0.0982. The normalized spacial score (nSPS) is 11.0. The third-order valence-electron chi connectivity index (χ3n) is 4.07. The molecule has 0 saturated carbocycles. The van der Waals surface area contributed by atoms with Crippen LogP contribution in [0.4, 0.5) is 0 Å². The fraction of sp³-hybridized carbons (Fsp3) is 0.250. The van der Waals surface area contributed by atoms with Crippen molar-refractivity contribution >= 4 is 44.4 Å². The van der Waals surface area contributed by atoms with Gasteiger partial charge in [-0.15, -0.1) is 0 Å². The van der Waals surface area contributed by atoms with Gasteiger partial charge < -0.3 is 0 Å². The Morgan fingerprint density at radius 2 is 1.96 bits per heavy atom. The summed E-state index contributed by atoms with van der Waals surface area (Å²) in [5, 5.41) is 1.32. The number of ketones is 1. The number of Topliss-reactive ketones (excluding diaryl/α,β-unsaturated/α-hetero) is 1. The molecule has 0 fully saturated rings. The first-order chi connectivity index (χ1) is 12.6. The van der Waals surface area contributed by atoms with E-state index in [-0.39, 0.29) is 11.3 Å². The number of carbonyl (C=O) groups excluding carboxylic acids is 1. The molecule has 3 aromatic rings. The van der Waals surface area contributed by atoms with Gasteiger partial charge >= 0.3 is 0 Å². The van der Waals surface area contributed by atoms with E-state index in [9.17, 15) is 9.59 Å².